The first-order chi connectivity index (χ1) is 15.8. The first kappa shape index (κ1) is 25.3. The number of hydrogen-bond acceptors (Lipinski definition) is 6. The summed E-state index contributed by atoms with van der Waals surface area (Å²) in [7, 11) is 0. The van der Waals surface area contributed by atoms with Gasteiger partial charge in [0, 0.05) is 19.4 Å². The molecule has 1 fully saturated rings. The Morgan fingerprint density at radius 2 is 1.44 bits per heavy atom. The van der Waals surface area contributed by atoms with E-state index in [0.29, 0.717) is 6.42 Å². The number of amides is 1. The Labute approximate surface area is 200 Å². The Bertz CT molecular complexity index is 1020. The molecule has 1 aliphatic heterocycles. The van der Waals surface area contributed by atoms with Crippen molar-refractivity contribution in [3.63, 3.8) is 0 Å². The Hall–Kier alpha value is -3.35. The van der Waals surface area contributed by atoms with E-state index in [2.05, 4.69) is 5.32 Å². The number of esters is 2. The van der Waals surface area contributed by atoms with Crippen LogP contribution in [0, 0.1) is 5.92 Å². The second-order valence-electron chi connectivity index (χ2n) is 10.4. The van der Waals surface area contributed by atoms with Crippen LogP contribution in [0.15, 0.2) is 54.6 Å². The Kier molecular flexibility index (Phi) is 7.05. The SMILES string of the molecule is CC(C)(C)OC(=O)N[C@@](C)(Cc1ccc(-c2ccccc2)cc1)CC1C(=O)OC(C)(C)OC1=O. The van der Waals surface area contributed by atoms with Gasteiger partial charge in [0.2, 0.25) is 0 Å². The first-order valence-corrected chi connectivity index (χ1v) is 11.4. The lowest BCUT2D eigenvalue weighted by Gasteiger charge is -2.38. The molecule has 1 saturated heterocycles. The summed E-state index contributed by atoms with van der Waals surface area (Å²) in [6, 6.07) is 17.9. The second-order valence-corrected chi connectivity index (χ2v) is 10.4. The molecular formula is C27H33NO6. The average Bonchev–Trinajstić information content (AvgIpc) is 2.70. The Balaban J connectivity index is 1.83. The first-order valence-electron chi connectivity index (χ1n) is 11.4. The van der Waals surface area contributed by atoms with Gasteiger partial charge >= 0.3 is 18.0 Å². The number of nitrogens with one attached hydrogen (secondary N) is 1. The van der Waals surface area contributed by atoms with Crippen molar-refractivity contribution in [3.05, 3.63) is 60.2 Å². The van der Waals surface area contributed by atoms with Crippen molar-refractivity contribution in [3.8, 4) is 11.1 Å². The van der Waals surface area contributed by atoms with Crippen molar-refractivity contribution in [2.45, 2.75) is 71.3 Å². The summed E-state index contributed by atoms with van der Waals surface area (Å²) >= 11 is 0. The number of ether oxygens (including phenoxy) is 3. The van der Waals surface area contributed by atoms with E-state index >= 15 is 0 Å². The van der Waals surface area contributed by atoms with E-state index < -0.39 is 40.9 Å². The predicted molar refractivity (Wildman–Crippen MR) is 128 cm³/mol. The molecule has 34 heavy (non-hydrogen) atoms. The molecule has 0 aromatic heterocycles. The van der Waals surface area contributed by atoms with E-state index in [-0.39, 0.29) is 6.42 Å². The molecule has 0 saturated carbocycles. The molecule has 0 bridgehead atoms. The van der Waals surface area contributed by atoms with E-state index in [1.807, 2.05) is 54.6 Å². The lowest BCUT2D eigenvalue weighted by Crippen LogP contribution is -2.54. The number of cyclic esters (lactones) is 2. The number of rotatable bonds is 6. The summed E-state index contributed by atoms with van der Waals surface area (Å²) in [6.07, 6.45) is -0.267. The van der Waals surface area contributed by atoms with Crippen molar-refractivity contribution in [1.29, 1.82) is 0 Å². The zero-order valence-corrected chi connectivity index (χ0v) is 20.6. The molecule has 2 aromatic rings. The number of carbonyl (C=O) groups is 3. The van der Waals surface area contributed by atoms with Crippen molar-refractivity contribution in [1.82, 2.24) is 5.32 Å². The van der Waals surface area contributed by atoms with Gasteiger partial charge in [-0.15, -0.1) is 0 Å². The van der Waals surface area contributed by atoms with Crippen LogP contribution in [0.2, 0.25) is 0 Å². The molecule has 0 aliphatic carbocycles. The molecule has 7 nitrogen and oxygen atoms in total. The van der Waals surface area contributed by atoms with E-state index in [9.17, 15) is 14.4 Å². The van der Waals surface area contributed by atoms with Crippen LogP contribution in [0.3, 0.4) is 0 Å². The van der Waals surface area contributed by atoms with Crippen molar-refractivity contribution < 1.29 is 28.6 Å². The smallest absolute Gasteiger partial charge is 0.408 e. The van der Waals surface area contributed by atoms with Gasteiger partial charge in [0.25, 0.3) is 5.79 Å². The van der Waals surface area contributed by atoms with Crippen LogP contribution in [-0.4, -0.2) is 35.0 Å². The van der Waals surface area contributed by atoms with Gasteiger partial charge in [-0.2, -0.15) is 0 Å². The highest BCUT2D eigenvalue weighted by atomic mass is 16.7. The van der Waals surface area contributed by atoms with Gasteiger partial charge in [-0.1, -0.05) is 54.6 Å². The molecule has 1 N–H and O–H groups in total. The number of hydrogen-bond donors (Lipinski definition) is 1. The maximum absolute atomic E-state index is 12.6. The van der Waals surface area contributed by atoms with Gasteiger partial charge in [-0.3, -0.25) is 9.59 Å². The minimum Gasteiger partial charge on any atom is -0.444 e. The van der Waals surface area contributed by atoms with Crippen LogP contribution in [0.1, 0.15) is 53.5 Å². The van der Waals surface area contributed by atoms with Gasteiger partial charge in [0.15, 0.2) is 5.92 Å². The number of carbonyl (C=O) groups excluding carboxylic acids is 3. The molecule has 1 aliphatic rings. The molecule has 0 spiro atoms. The predicted octanol–water partition coefficient (Wildman–Crippen LogP) is 5.02. The van der Waals surface area contributed by atoms with Crippen LogP contribution >= 0.6 is 0 Å². The highest BCUT2D eigenvalue weighted by Crippen LogP contribution is 2.31. The zero-order chi connectivity index (χ0) is 25.1. The van der Waals surface area contributed by atoms with E-state index in [1.54, 1.807) is 27.7 Å². The average molecular weight is 468 g/mol. The molecule has 3 rings (SSSR count). The van der Waals surface area contributed by atoms with Crippen molar-refractivity contribution in [2.24, 2.45) is 5.92 Å². The summed E-state index contributed by atoms with van der Waals surface area (Å²) in [5.41, 5.74) is 1.40. The van der Waals surface area contributed by atoms with Gasteiger partial charge < -0.3 is 19.5 Å². The minimum absolute atomic E-state index is 0.000423. The summed E-state index contributed by atoms with van der Waals surface area (Å²) in [4.78, 5) is 37.8. The van der Waals surface area contributed by atoms with Crippen LogP contribution in [0.5, 0.6) is 0 Å². The fourth-order valence-corrected chi connectivity index (χ4v) is 3.97. The Morgan fingerprint density at radius 3 is 1.97 bits per heavy atom. The maximum atomic E-state index is 12.6. The summed E-state index contributed by atoms with van der Waals surface area (Å²) in [5, 5.41) is 2.88. The molecule has 1 amide bonds. The van der Waals surface area contributed by atoms with Gasteiger partial charge in [-0.05, 0) is 57.2 Å². The van der Waals surface area contributed by atoms with E-state index in [1.165, 1.54) is 13.8 Å². The lowest BCUT2D eigenvalue weighted by molar-refractivity contribution is -0.241. The third-order valence-electron chi connectivity index (χ3n) is 5.37. The summed E-state index contributed by atoms with van der Waals surface area (Å²) in [6.45, 7) is 10.1. The standard InChI is InChI=1S/C27H33NO6/c1-25(2,3)34-24(31)28-27(6,17-21-22(29)32-26(4,5)33-23(21)30)16-18-12-14-20(15-13-18)19-10-8-7-9-11-19/h7-15,21H,16-17H2,1-6H3,(H,28,31)/t27-/m0/s1. The van der Waals surface area contributed by atoms with Gasteiger partial charge in [0.1, 0.15) is 5.60 Å². The summed E-state index contributed by atoms with van der Waals surface area (Å²) in [5.74, 6) is -3.81. The van der Waals surface area contributed by atoms with Crippen molar-refractivity contribution >= 4 is 18.0 Å². The molecule has 1 heterocycles. The zero-order valence-electron chi connectivity index (χ0n) is 20.6. The Morgan fingerprint density at radius 1 is 0.912 bits per heavy atom. The van der Waals surface area contributed by atoms with Gasteiger partial charge in [-0.25, -0.2) is 4.79 Å². The van der Waals surface area contributed by atoms with Crippen LogP contribution in [-0.2, 0) is 30.2 Å². The fourth-order valence-electron chi connectivity index (χ4n) is 3.97. The monoisotopic (exact) mass is 467 g/mol. The highest BCUT2D eigenvalue weighted by molar-refractivity contribution is 5.96. The quantitative estimate of drug-likeness (QED) is 0.474. The van der Waals surface area contributed by atoms with Crippen LogP contribution < -0.4 is 5.32 Å². The fraction of sp³-hybridized carbons (Fsp3) is 0.444. The van der Waals surface area contributed by atoms with E-state index in [0.717, 1.165) is 16.7 Å². The highest BCUT2D eigenvalue weighted by Gasteiger charge is 2.47. The normalized spacial score (nSPS) is 17.8. The topological polar surface area (TPSA) is 90.9 Å². The molecule has 7 heteroatoms. The molecule has 2 aromatic carbocycles. The molecule has 1 atom stereocenters. The maximum Gasteiger partial charge on any atom is 0.408 e. The van der Waals surface area contributed by atoms with E-state index in [4.69, 9.17) is 14.2 Å². The van der Waals surface area contributed by atoms with Crippen LogP contribution in [0.25, 0.3) is 11.1 Å². The van der Waals surface area contributed by atoms with Gasteiger partial charge in [0.05, 0.1) is 0 Å². The lowest BCUT2D eigenvalue weighted by atomic mass is 9.83. The number of alkyl carbamates (subject to hydrolysis) is 1. The largest absolute Gasteiger partial charge is 0.444 e. The van der Waals surface area contributed by atoms with Crippen molar-refractivity contribution in [2.75, 3.05) is 0 Å². The molecule has 182 valence electrons. The third kappa shape index (κ3) is 6.83. The second kappa shape index (κ2) is 9.49. The third-order valence-corrected chi connectivity index (χ3v) is 5.37. The molecular weight excluding hydrogens is 434 g/mol. The number of benzene rings is 2. The molecule has 0 radical (unpaired) electrons. The van der Waals surface area contributed by atoms with Crippen LogP contribution in [0.4, 0.5) is 4.79 Å². The minimum atomic E-state index is -1.31. The summed E-state index contributed by atoms with van der Waals surface area (Å²) < 4.78 is 16.0. The molecule has 0 unspecified atom stereocenters.